The number of carbonyl (C=O) groups is 2. The zero-order valence-electron chi connectivity index (χ0n) is 20.4. The van der Waals surface area contributed by atoms with Gasteiger partial charge in [-0.2, -0.15) is 0 Å². The Morgan fingerprint density at radius 3 is 2.73 bits per heavy atom. The summed E-state index contributed by atoms with van der Waals surface area (Å²) in [6.45, 7) is 9.53. The van der Waals surface area contributed by atoms with Crippen LogP contribution in [0.4, 0.5) is 4.79 Å². The minimum Gasteiger partial charge on any atom is -0.492 e. The number of pyridine rings is 1. The predicted molar refractivity (Wildman–Crippen MR) is 125 cm³/mol. The molecule has 1 aromatic heterocycles. The molecule has 1 fully saturated rings. The lowest BCUT2D eigenvalue weighted by molar-refractivity contribution is -0.860. The van der Waals surface area contributed by atoms with Crippen molar-refractivity contribution in [3.8, 4) is 11.6 Å². The minimum atomic E-state index is -0.557. The highest BCUT2D eigenvalue weighted by Crippen LogP contribution is 2.35. The summed E-state index contributed by atoms with van der Waals surface area (Å²) in [4.78, 5) is 32.9. The van der Waals surface area contributed by atoms with Gasteiger partial charge in [-0.3, -0.25) is 9.38 Å². The molecule has 8 heteroatoms. The number of carbonyl (C=O) groups excluding carboxylic acids is 2. The number of methoxy groups -OCH3 is 1. The third-order valence-corrected chi connectivity index (χ3v) is 6.66. The molecule has 0 spiro atoms. The van der Waals surface area contributed by atoms with Crippen molar-refractivity contribution in [3.05, 3.63) is 29.3 Å². The molecule has 2 atom stereocenters. The maximum Gasteiger partial charge on any atom is 0.410 e. The van der Waals surface area contributed by atoms with Crippen molar-refractivity contribution in [1.29, 1.82) is 0 Å². The van der Waals surface area contributed by atoms with Crippen LogP contribution in [0.2, 0.25) is 0 Å². The Morgan fingerprint density at radius 1 is 1.30 bits per heavy atom. The Labute approximate surface area is 195 Å². The van der Waals surface area contributed by atoms with Crippen molar-refractivity contribution in [2.75, 3.05) is 40.4 Å². The Kier molecular flexibility index (Phi) is 5.99. The first-order chi connectivity index (χ1) is 15.6. The lowest BCUT2D eigenvalue weighted by Crippen LogP contribution is -2.67. The first kappa shape index (κ1) is 23.3. The molecule has 0 N–H and O–H groups in total. The second-order valence-corrected chi connectivity index (χ2v) is 10.1. The lowest BCUT2D eigenvalue weighted by Gasteiger charge is -2.46. The maximum absolute atomic E-state index is 13.9. The van der Waals surface area contributed by atoms with Gasteiger partial charge in [0.15, 0.2) is 0 Å². The molecule has 1 saturated heterocycles. The zero-order chi connectivity index (χ0) is 24.0. The minimum absolute atomic E-state index is 0.0132. The monoisotopic (exact) mass is 456 g/mol. The summed E-state index contributed by atoms with van der Waals surface area (Å²) in [7, 11) is 3.57. The van der Waals surface area contributed by atoms with E-state index in [2.05, 4.69) is 11.9 Å². The molecule has 0 saturated carbocycles. The summed E-state index contributed by atoms with van der Waals surface area (Å²) in [6, 6.07) is 5.71. The molecule has 0 radical (unpaired) electrons. The number of ether oxygens (including phenoxy) is 3. The number of benzene rings is 1. The van der Waals surface area contributed by atoms with Crippen LogP contribution in [-0.2, 0) is 11.2 Å². The summed E-state index contributed by atoms with van der Waals surface area (Å²) in [6.07, 6.45) is 1.13. The number of quaternary nitrogens is 1. The Hall–Kier alpha value is -2.87. The average Bonchev–Trinajstić information content (AvgIpc) is 2.76. The highest BCUT2D eigenvalue weighted by Gasteiger charge is 2.48. The van der Waals surface area contributed by atoms with Gasteiger partial charge in [-0.25, -0.2) is 14.6 Å². The summed E-state index contributed by atoms with van der Waals surface area (Å²) < 4.78 is 17.3. The van der Waals surface area contributed by atoms with E-state index in [9.17, 15) is 9.59 Å². The van der Waals surface area contributed by atoms with E-state index in [0.29, 0.717) is 55.4 Å². The highest BCUT2D eigenvalue weighted by atomic mass is 16.6. The fourth-order valence-corrected chi connectivity index (χ4v) is 4.70. The quantitative estimate of drug-likeness (QED) is 0.640. The van der Waals surface area contributed by atoms with E-state index in [0.717, 1.165) is 17.4 Å². The van der Waals surface area contributed by atoms with E-state index in [-0.39, 0.29) is 22.5 Å². The first-order valence-electron chi connectivity index (χ1n) is 11.6. The highest BCUT2D eigenvalue weighted by molar-refractivity contribution is 5.98. The molecule has 0 aliphatic carbocycles. The standard InChI is InChI=1S/C25H34N3O5/c1-7-16-12-17-13-21-19(14-20(17)26-22(16)31-6)23(29)28(5)10-9-27(15-18(28)8-11-32-21)24(30)33-25(2,3)4/h12-14,18H,7-11,15H2,1-6H3/q+1. The molecule has 2 unspecified atom stereocenters. The molecular formula is C25H34N3O5+. The zero-order valence-corrected chi connectivity index (χ0v) is 20.4. The van der Waals surface area contributed by atoms with Crippen LogP contribution < -0.4 is 9.47 Å². The Bertz CT molecular complexity index is 1090. The second-order valence-electron chi connectivity index (χ2n) is 10.1. The summed E-state index contributed by atoms with van der Waals surface area (Å²) in [5.41, 5.74) is 1.69. The van der Waals surface area contributed by atoms with E-state index in [1.165, 1.54) is 0 Å². The number of piperazine rings is 1. The molecule has 2 aromatic rings. The molecule has 3 heterocycles. The van der Waals surface area contributed by atoms with Gasteiger partial charge in [0, 0.05) is 17.4 Å². The number of rotatable bonds is 2. The van der Waals surface area contributed by atoms with Gasteiger partial charge in [-0.15, -0.1) is 0 Å². The van der Waals surface area contributed by atoms with Crippen LogP contribution in [0.15, 0.2) is 18.2 Å². The van der Waals surface area contributed by atoms with Crippen LogP contribution in [0.5, 0.6) is 11.6 Å². The number of hydrogen-bond donors (Lipinski definition) is 0. The van der Waals surface area contributed by atoms with Gasteiger partial charge in [0.25, 0.3) is 0 Å². The number of fused-ring (bicyclic) bond motifs is 3. The van der Waals surface area contributed by atoms with E-state index >= 15 is 0 Å². The van der Waals surface area contributed by atoms with E-state index in [1.54, 1.807) is 12.0 Å². The Balaban J connectivity index is 1.68. The molecule has 33 heavy (non-hydrogen) atoms. The summed E-state index contributed by atoms with van der Waals surface area (Å²) >= 11 is 0. The molecule has 1 aromatic carbocycles. The molecule has 2 aliphatic rings. The van der Waals surface area contributed by atoms with Gasteiger partial charge >= 0.3 is 12.0 Å². The van der Waals surface area contributed by atoms with Crippen LogP contribution in [0.1, 0.15) is 50.0 Å². The van der Waals surface area contributed by atoms with E-state index in [1.807, 2.05) is 46.0 Å². The summed E-state index contributed by atoms with van der Waals surface area (Å²) in [5, 5.41) is 0.925. The van der Waals surface area contributed by atoms with Gasteiger partial charge in [0.1, 0.15) is 29.5 Å². The second kappa shape index (κ2) is 8.48. The number of hydrogen-bond acceptors (Lipinski definition) is 6. The summed E-state index contributed by atoms with van der Waals surface area (Å²) in [5.74, 6) is 1.16. The number of aryl methyl sites for hydroxylation is 1. The van der Waals surface area contributed by atoms with E-state index < -0.39 is 5.60 Å². The molecular weight excluding hydrogens is 422 g/mol. The number of aromatic nitrogens is 1. The van der Waals surface area contributed by atoms with Gasteiger partial charge in [0.2, 0.25) is 5.88 Å². The van der Waals surface area contributed by atoms with Crippen molar-refractivity contribution in [2.24, 2.45) is 0 Å². The number of amides is 2. The molecule has 2 aliphatic heterocycles. The van der Waals surface area contributed by atoms with Gasteiger partial charge in [-0.1, -0.05) is 6.92 Å². The van der Waals surface area contributed by atoms with Crippen molar-refractivity contribution < 1.29 is 28.3 Å². The van der Waals surface area contributed by atoms with Crippen molar-refractivity contribution >= 4 is 22.9 Å². The fourth-order valence-electron chi connectivity index (χ4n) is 4.70. The Morgan fingerprint density at radius 2 is 2.06 bits per heavy atom. The first-order valence-corrected chi connectivity index (χ1v) is 11.6. The third-order valence-electron chi connectivity index (χ3n) is 6.66. The van der Waals surface area contributed by atoms with Crippen molar-refractivity contribution in [1.82, 2.24) is 9.88 Å². The fraction of sp³-hybridized carbons (Fsp3) is 0.560. The van der Waals surface area contributed by atoms with Gasteiger partial charge in [0.05, 0.1) is 39.4 Å². The largest absolute Gasteiger partial charge is 0.492 e. The topological polar surface area (TPSA) is 78.0 Å². The third kappa shape index (κ3) is 4.36. The van der Waals surface area contributed by atoms with Crippen LogP contribution >= 0.6 is 0 Å². The predicted octanol–water partition coefficient (Wildman–Crippen LogP) is 3.79. The molecule has 0 bridgehead atoms. The van der Waals surface area contributed by atoms with Crippen LogP contribution in [-0.4, -0.2) is 78.4 Å². The lowest BCUT2D eigenvalue weighted by atomic mass is 9.99. The molecule has 178 valence electrons. The van der Waals surface area contributed by atoms with Crippen LogP contribution in [0, 0.1) is 0 Å². The molecule has 4 rings (SSSR count). The van der Waals surface area contributed by atoms with E-state index in [4.69, 9.17) is 14.2 Å². The van der Waals surface area contributed by atoms with Crippen molar-refractivity contribution in [2.45, 2.75) is 52.2 Å². The number of nitrogens with zero attached hydrogens (tertiary/aromatic N) is 3. The average molecular weight is 457 g/mol. The van der Waals surface area contributed by atoms with Crippen LogP contribution in [0.25, 0.3) is 10.9 Å². The smallest absolute Gasteiger partial charge is 0.410 e. The molecule has 2 amide bonds. The van der Waals surface area contributed by atoms with Gasteiger partial charge < -0.3 is 14.2 Å². The molecule has 8 nitrogen and oxygen atoms in total. The van der Waals surface area contributed by atoms with Crippen LogP contribution in [0.3, 0.4) is 0 Å². The maximum atomic E-state index is 13.9. The normalized spacial score (nSPS) is 23.2. The van der Waals surface area contributed by atoms with Crippen molar-refractivity contribution in [3.63, 3.8) is 0 Å². The number of likely N-dealkylation sites (N-methyl/N-ethyl adjacent to an activating group) is 1. The SMILES string of the molecule is CCc1cc2cc3c(cc2nc1OC)C(=O)[N+]1(C)CCN(C(=O)OC(C)(C)C)CC1CCO3. The van der Waals surface area contributed by atoms with Gasteiger partial charge in [-0.05, 0) is 45.4 Å².